The number of nitrogens with one attached hydrogen (secondary N) is 2. The Kier molecular flexibility index (Phi) is 3.53. The van der Waals surface area contributed by atoms with Crippen LogP contribution in [0.15, 0.2) is 42.7 Å². The van der Waals surface area contributed by atoms with Crippen LogP contribution in [0.5, 0.6) is 0 Å². The van der Waals surface area contributed by atoms with Gasteiger partial charge in [0, 0.05) is 22.7 Å². The van der Waals surface area contributed by atoms with Crippen LogP contribution < -0.4 is 5.32 Å². The molecule has 0 saturated carbocycles. The highest BCUT2D eigenvalue weighted by Crippen LogP contribution is 2.23. The maximum absolute atomic E-state index is 11.9. The molecule has 0 bridgehead atoms. The smallest absolute Gasteiger partial charge is 0.338 e. The zero-order chi connectivity index (χ0) is 17.4. The Balaban J connectivity index is 1.74. The molecular weight excluding hydrogens is 318 g/mol. The average Bonchev–Trinajstić information content (AvgIpc) is 3.09. The van der Waals surface area contributed by atoms with Crippen molar-refractivity contribution < 1.29 is 9.53 Å². The molecule has 2 aromatic carbocycles. The molecule has 25 heavy (non-hydrogen) atoms. The van der Waals surface area contributed by atoms with Gasteiger partial charge in [0.2, 0.25) is 5.95 Å². The van der Waals surface area contributed by atoms with Gasteiger partial charge in [-0.25, -0.2) is 14.8 Å². The Morgan fingerprint density at radius 1 is 1.16 bits per heavy atom. The highest BCUT2D eigenvalue weighted by Gasteiger charge is 2.13. The van der Waals surface area contributed by atoms with Crippen LogP contribution in [-0.2, 0) is 4.74 Å². The van der Waals surface area contributed by atoms with Crippen LogP contribution in [0.4, 0.5) is 11.6 Å². The molecule has 0 aliphatic carbocycles. The number of rotatable bonds is 3. The van der Waals surface area contributed by atoms with Gasteiger partial charge in [-0.3, -0.25) is 5.10 Å². The zero-order valence-electron chi connectivity index (χ0n) is 13.7. The Bertz CT molecular complexity index is 1100. The number of hydrogen-bond donors (Lipinski definition) is 2. The molecule has 0 amide bonds. The lowest BCUT2D eigenvalue weighted by Crippen LogP contribution is -2.05. The first kappa shape index (κ1) is 15.1. The summed E-state index contributed by atoms with van der Waals surface area (Å²) in [5.74, 6) is 0.0775. The molecule has 0 radical (unpaired) electrons. The van der Waals surface area contributed by atoms with Gasteiger partial charge >= 0.3 is 5.97 Å². The number of fused-ring (bicyclic) bond motifs is 2. The summed E-state index contributed by atoms with van der Waals surface area (Å²) in [7, 11) is 1.37. The van der Waals surface area contributed by atoms with Gasteiger partial charge in [0.1, 0.15) is 0 Å². The summed E-state index contributed by atoms with van der Waals surface area (Å²) < 4.78 is 4.82. The van der Waals surface area contributed by atoms with Crippen LogP contribution in [0.1, 0.15) is 15.9 Å². The standard InChI is InChI=1S/C18H15N5O2/c1-10-14(17(24)25-2)6-4-12-8-19-18(22-16(10)12)21-13-5-3-11-9-20-23-15(11)7-13/h3-9H,1-2H3,(H,20,23)(H,19,21,22). The Labute approximate surface area is 143 Å². The minimum atomic E-state index is -0.378. The molecule has 4 aromatic rings. The second kappa shape index (κ2) is 5.86. The van der Waals surface area contributed by atoms with Crippen LogP contribution in [0.3, 0.4) is 0 Å². The van der Waals surface area contributed by atoms with Crippen LogP contribution in [0, 0.1) is 6.92 Å². The third-order valence-electron chi connectivity index (χ3n) is 4.11. The number of benzene rings is 2. The van der Waals surface area contributed by atoms with Gasteiger partial charge in [0.05, 0.1) is 29.9 Å². The van der Waals surface area contributed by atoms with Gasteiger partial charge < -0.3 is 10.1 Å². The molecule has 124 valence electrons. The SMILES string of the molecule is COC(=O)c1ccc2cnc(Nc3ccc4cn[nH]c4c3)nc2c1C. The highest BCUT2D eigenvalue weighted by molar-refractivity contribution is 5.97. The predicted molar refractivity (Wildman–Crippen MR) is 95.0 cm³/mol. The van der Waals surface area contributed by atoms with Crippen LogP contribution in [0.2, 0.25) is 0 Å². The first-order valence-corrected chi connectivity index (χ1v) is 7.70. The third-order valence-corrected chi connectivity index (χ3v) is 4.11. The molecule has 0 fully saturated rings. The summed E-state index contributed by atoms with van der Waals surface area (Å²) >= 11 is 0. The van der Waals surface area contributed by atoms with E-state index in [1.807, 2.05) is 31.2 Å². The number of aryl methyl sites for hydroxylation is 1. The van der Waals surface area contributed by atoms with E-state index < -0.39 is 0 Å². The van der Waals surface area contributed by atoms with Crippen molar-refractivity contribution in [2.75, 3.05) is 12.4 Å². The molecule has 0 saturated heterocycles. The van der Waals surface area contributed by atoms with Crippen molar-refractivity contribution in [1.82, 2.24) is 20.2 Å². The predicted octanol–water partition coefficient (Wildman–Crippen LogP) is 3.34. The van der Waals surface area contributed by atoms with E-state index in [4.69, 9.17) is 4.74 Å². The van der Waals surface area contributed by atoms with Crippen molar-refractivity contribution >= 4 is 39.4 Å². The van der Waals surface area contributed by atoms with Crippen molar-refractivity contribution in [3.05, 3.63) is 53.9 Å². The van der Waals surface area contributed by atoms with E-state index in [-0.39, 0.29) is 5.97 Å². The molecule has 0 atom stereocenters. The summed E-state index contributed by atoms with van der Waals surface area (Å²) in [6.07, 6.45) is 3.50. The number of hydrogen-bond acceptors (Lipinski definition) is 6. The molecule has 7 nitrogen and oxygen atoms in total. The number of anilines is 2. The van der Waals surface area contributed by atoms with Crippen LogP contribution in [-0.4, -0.2) is 33.2 Å². The van der Waals surface area contributed by atoms with Gasteiger partial charge in [0.15, 0.2) is 0 Å². The normalized spacial score (nSPS) is 11.0. The van der Waals surface area contributed by atoms with E-state index >= 15 is 0 Å². The fourth-order valence-corrected chi connectivity index (χ4v) is 2.77. The lowest BCUT2D eigenvalue weighted by Gasteiger charge is -2.09. The van der Waals surface area contributed by atoms with Gasteiger partial charge in [-0.1, -0.05) is 6.07 Å². The molecule has 2 N–H and O–H groups in total. The minimum Gasteiger partial charge on any atom is -0.465 e. The van der Waals surface area contributed by atoms with Crippen molar-refractivity contribution in [3.63, 3.8) is 0 Å². The molecule has 2 heterocycles. The summed E-state index contributed by atoms with van der Waals surface area (Å²) in [5.41, 5.74) is 3.74. The number of ether oxygens (including phenoxy) is 1. The first-order valence-electron chi connectivity index (χ1n) is 7.70. The number of aromatic amines is 1. The summed E-state index contributed by atoms with van der Waals surface area (Å²) in [6, 6.07) is 9.38. The zero-order valence-corrected chi connectivity index (χ0v) is 13.7. The van der Waals surface area contributed by atoms with E-state index in [0.717, 1.165) is 27.5 Å². The van der Waals surface area contributed by atoms with Gasteiger partial charge in [-0.2, -0.15) is 5.10 Å². The monoisotopic (exact) mass is 333 g/mol. The Morgan fingerprint density at radius 2 is 2.00 bits per heavy atom. The quantitative estimate of drug-likeness (QED) is 0.559. The number of esters is 1. The average molecular weight is 333 g/mol. The molecular formula is C18H15N5O2. The molecule has 0 spiro atoms. The Morgan fingerprint density at radius 3 is 2.84 bits per heavy atom. The number of carbonyl (C=O) groups excluding carboxylic acids is 1. The van der Waals surface area contributed by atoms with Crippen molar-refractivity contribution in [1.29, 1.82) is 0 Å². The molecule has 0 aliphatic rings. The molecule has 0 aliphatic heterocycles. The molecule has 0 unspecified atom stereocenters. The van der Waals surface area contributed by atoms with Crippen LogP contribution in [0.25, 0.3) is 21.8 Å². The fourth-order valence-electron chi connectivity index (χ4n) is 2.77. The van der Waals surface area contributed by atoms with E-state index in [1.165, 1.54) is 7.11 Å². The molecule has 7 heteroatoms. The minimum absolute atomic E-state index is 0.378. The second-order valence-corrected chi connectivity index (χ2v) is 5.66. The number of methoxy groups -OCH3 is 1. The van der Waals surface area contributed by atoms with Crippen LogP contribution >= 0.6 is 0 Å². The second-order valence-electron chi connectivity index (χ2n) is 5.66. The fraction of sp³-hybridized carbons (Fsp3) is 0.111. The topological polar surface area (TPSA) is 92.8 Å². The lowest BCUT2D eigenvalue weighted by atomic mass is 10.1. The van der Waals surface area contributed by atoms with E-state index in [2.05, 4.69) is 25.5 Å². The highest BCUT2D eigenvalue weighted by atomic mass is 16.5. The largest absolute Gasteiger partial charge is 0.465 e. The maximum Gasteiger partial charge on any atom is 0.338 e. The van der Waals surface area contributed by atoms with Gasteiger partial charge in [-0.15, -0.1) is 0 Å². The summed E-state index contributed by atoms with van der Waals surface area (Å²) in [6.45, 7) is 1.85. The number of aromatic nitrogens is 4. The molecule has 4 rings (SSSR count). The van der Waals surface area contributed by atoms with Gasteiger partial charge in [-0.05, 0) is 36.8 Å². The lowest BCUT2D eigenvalue weighted by molar-refractivity contribution is 0.0600. The summed E-state index contributed by atoms with van der Waals surface area (Å²) in [4.78, 5) is 20.8. The third kappa shape index (κ3) is 2.65. The van der Waals surface area contributed by atoms with E-state index in [1.54, 1.807) is 18.5 Å². The van der Waals surface area contributed by atoms with E-state index in [9.17, 15) is 4.79 Å². The van der Waals surface area contributed by atoms with Gasteiger partial charge in [0.25, 0.3) is 0 Å². The molecule has 2 aromatic heterocycles. The van der Waals surface area contributed by atoms with E-state index in [0.29, 0.717) is 17.0 Å². The van der Waals surface area contributed by atoms with Crippen molar-refractivity contribution in [2.45, 2.75) is 6.92 Å². The Hall–Kier alpha value is -3.48. The number of nitrogens with zero attached hydrogens (tertiary/aromatic N) is 3. The van der Waals surface area contributed by atoms with Crippen molar-refractivity contribution in [2.24, 2.45) is 0 Å². The summed E-state index contributed by atoms with van der Waals surface area (Å²) in [5, 5.41) is 12.0. The first-order chi connectivity index (χ1) is 12.2. The number of carbonyl (C=O) groups is 1. The number of H-pyrrole nitrogens is 1. The maximum atomic E-state index is 11.9. The van der Waals surface area contributed by atoms with Crippen molar-refractivity contribution in [3.8, 4) is 0 Å².